The highest BCUT2D eigenvalue weighted by atomic mass is 32.2. The van der Waals surface area contributed by atoms with Crippen LogP contribution in [0.2, 0.25) is 0 Å². The average Bonchev–Trinajstić information content (AvgIpc) is 3.37. The van der Waals surface area contributed by atoms with Crippen molar-refractivity contribution in [3.8, 4) is 11.4 Å². The number of fused-ring (bicyclic) bond motifs is 1. The van der Waals surface area contributed by atoms with E-state index in [0.717, 1.165) is 28.2 Å². The average molecular weight is 470 g/mol. The molecule has 1 aliphatic heterocycles. The second kappa shape index (κ2) is 8.74. The lowest BCUT2D eigenvalue weighted by atomic mass is 9.85. The van der Waals surface area contributed by atoms with Crippen LogP contribution in [0, 0.1) is 0 Å². The van der Waals surface area contributed by atoms with Gasteiger partial charge in [-0.1, -0.05) is 17.3 Å². The molecular formula is C22H17F3N6OS. The van der Waals surface area contributed by atoms with Crippen molar-refractivity contribution in [3.63, 3.8) is 0 Å². The molecule has 0 bridgehead atoms. The molecule has 1 N–H and O–H groups in total. The van der Waals surface area contributed by atoms with E-state index in [1.807, 2.05) is 18.2 Å². The topological polar surface area (TPSA) is 77.8 Å². The van der Waals surface area contributed by atoms with Crippen LogP contribution < -0.4 is 9.46 Å². The Labute approximate surface area is 191 Å². The molecule has 11 heteroatoms. The van der Waals surface area contributed by atoms with Crippen LogP contribution in [0.15, 0.2) is 72.3 Å². The second-order valence-electron chi connectivity index (χ2n) is 7.31. The highest BCUT2D eigenvalue weighted by Gasteiger charge is 2.33. The second-order valence-corrected chi connectivity index (χ2v) is 8.19. The molecule has 168 valence electrons. The van der Waals surface area contributed by atoms with E-state index in [4.69, 9.17) is 4.74 Å². The van der Waals surface area contributed by atoms with Crippen molar-refractivity contribution in [1.82, 2.24) is 25.0 Å². The van der Waals surface area contributed by atoms with Crippen molar-refractivity contribution in [2.45, 2.75) is 23.4 Å². The minimum absolute atomic E-state index is 0.149. The predicted molar refractivity (Wildman–Crippen MR) is 116 cm³/mol. The normalized spacial score (nSPS) is 15.5. The number of hydrogen-bond acceptors (Lipinski definition) is 7. The molecule has 1 unspecified atom stereocenters. The lowest BCUT2D eigenvalue weighted by Crippen LogP contribution is -2.18. The van der Waals surface area contributed by atoms with Crippen LogP contribution in [0.1, 0.15) is 29.0 Å². The number of alkyl halides is 3. The Kier molecular flexibility index (Phi) is 5.63. The third-order valence-corrected chi connectivity index (χ3v) is 6.08. The first kappa shape index (κ1) is 21.3. The third kappa shape index (κ3) is 4.49. The smallest absolute Gasteiger partial charge is 0.416 e. The summed E-state index contributed by atoms with van der Waals surface area (Å²) in [5.74, 6) is 1.23. The quantitative estimate of drug-likeness (QED) is 0.406. The monoisotopic (exact) mass is 470 g/mol. The number of anilines is 1. The van der Waals surface area contributed by atoms with Crippen molar-refractivity contribution in [3.05, 3.63) is 84.1 Å². The maximum Gasteiger partial charge on any atom is 0.416 e. The molecule has 0 saturated carbocycles. The summed E-state index contributed by atoms with van der Waals surface area (Å²) in [6.45, 7) is 0.447. The maximum atomic E-state index is 13.4. The van der Waals surface area contributed by atoms with Gasteiger partial charge in [0.2, 0.25) is 0 Å². The number of halogens is 3. The molecule has 0 aliphatic carbocycles. The van der Waals surface area contributed by atoms with E-state index in [9.17, 15) is 13.2 Å². The van der Waals surface area contributed by atoms with E-state index in [2.05, 4.69) is 25.0 Å². The van der Waals surface area contributed by atoms with E-state index < -0.39 is 11.7 Å². The molecule has 7 nitrogen and oxygen atoms in total. The molecule has 0 saturated heterocycles. The van der Waals surface area contributed by atoms with Gasteiger partial charge in [0.15, 0.2) is 0 Å². The van der Waals surface area contributed by atoms with Gasteiger partial charge in [0.25, 0.3) is 0 Å². The van der Waals surface area contributed by atoms with Gasteiger partial charge in [-0.2, -0.15) is 13.2 Å². The maximum absolute atomic E-state index is 13.4. The molecule has 2 aromatic heterocycles. The van der Waals surface area contributed by atoms with Crippen molar-refractivity contribution in [2.24, 2.45) is 0 Å². The van der Waals surface area contributed by atoms with Gasteiger partial charge in [-0.05, 0) is 54.3 Å². The number of ether oxygens (including phenoxy) is 1. The molecule has 0 amide bonds. The number of benzene rings is 2. The first-order chi connectivity index (χ1) is 16.0. The number of rotatable bonds is 5. The molecule has 33 heavy (non-hydrogen) atoms. The van der Waals surface area contributed by atoms with Crippen molar-refractivity contribution < 1.29 is 17.9 Å². The number of hydrogen-bond donors (Lipinski definition) is 1. The number of nitrogens with one attached hydrogen (secondary N) is 1. The summed E-state index contributed by atoms with van der Waals surface area (Å²) in [4.78, 5) is 8.92. The van der Waals surface area contributed by atoms with Crippen LogP contribution in [0.3, 0.4) is 0 Å². The zero-order chi connectivity index (χ0) is 22.8. The van der Waals surface area contributed by atoms with E-state index in [1.54, 1.807) is 12.3 Å². The fourth-order valence-corrected chi connectivity index (χ4v) is 4.41. The first-order valence-corrected chi connectivity index (χ1v) is 10.8. The Morgan fingerprint density at radius 3 is 2.70 bits per heavy atom. The predicted octanol–water partition coefficient (Wildman–Crippen LogP) is 5.11. The van der Waals surface area contributed by atoms with Crippen LogP contribution in [0.4, 0.5) is 19.0 Å². The van der Waals surface area contributed by atoms with Gasteiger partial charge in [0.1, 0.15) is 17.9 Å². The summed E-state index contributed by atoms with van der Waals surface area (Å²) < 4.78 is 50.6. The molecular weight excluding hydrogens is 453 g/mol. The van der Waals surface area contributed by atoms with Crippen LogP contribution in [-0.2, 0) is 6.18 Å². The molecule has 0 radical (unpaired) electrons. The van der Waals surface area contributed by atoms with E-state index in [0.29, 0.717) is 30.3 Å². The molecule has 1 aliphatic rings. The van der Waals surface area contributed by atoms with Crippen LogP contribution in [0.25, 0.3) is 5.69 Å². The van der Waals surface area contributed by atoms with Gasteiger partial charge in [-0.15, -0.1) is 5.10 Å². The van der Waals surface area contributed by atoms with Gasteiger partial charge in [0.05, 0.1) is 30.3 Å². The summed E-state index contributed by atoms with van der Waals surface area (Å²) in [6, 6.07) is 11.3. The Morgan fingerprint density at radius 2 is 1.94 bits per heavy atom. The van der Waals surface area contributed by atoms with Gasteiger partial charge >= 0.3 is 6.18 Å². The van der Waals surface area contributed by atoms with Gasteiger partial charge in [0, 0.05) is 22.6 Å². The number of aromatic nitrogens is 5. The largest absolute Gasteiger partial charge is 0.493 e. The highest BCUT2D eigenvalue weighted by molar-refractivity contribution is 8.00. The fourth-order valence-electron chi connectivity index (χ4n) is 3.77. The fraction of sp³-hybridized carbons (Fsp3) is 0.182. The molecule has 2 aromatic carbocycles. The van der Waals surface area contributed by atoms with Crippen molar-refractivity contribution in [1.29, 1.82) is 0 Å². The summed E-state index contributed by atoms with van der Waals surface area (Å²) in [5.41, 5.74) is 1.27. The summed E-state index contributed by atoms with van der Waals surface area (Å²) in [6.07, 6.45) is 2.26. The summed E-state index contributed by atoms with van der Waals surface area (Å²) in [5, 5.41) is 7.70. The highest BCUT2D eigenvalue weighted by Crippen LogP contribution is 2.43. The van der Waals surface area contributed by atoms with Crippen molar-refractivity contribution in [2.75, 3.05) is 11.3 Å². The van der Waals surface area contributed by atoms with Crippen LogP contribution in [0.5, 0.6) is 5.75 Å². The Balaban J connectivity index is 1.48. The number of nitrogens with zero attached hydrogens (tertiary/aromatic N) is 5. The zero-order valence-corrected chi connectivity index (χ0v) is 17.8. The van der Waals surface area contributed by atoms with E-state index in [-0.39, 0.29) is 5.92 Å². The minimum atomic E-state index is -4.45. The molecule has 4 aromatic rings. The summed E-state index contributed by atoms with van der Waals surface area (Å²) >= 11 is 1.38. The molecule has 3 heterocycles. The third-order valence-electron chi connectivity index (χ3n) is 5.28. The molecule has 5 rings (SSSR count). The van der Waals surface area contributed by atoms with Gasteiger partial charge in [-0.25, -0.2) is 14.6 Å². The molecule has 1 atom stereocenters. The van der Waals surface area contributed by atoms with Gasteiger partial charge < -0.3 is 9.46 Å². The van der Waals surface area contributed by atoms with Gasteiger partial charge in [-0.3, -0.25) is 0 Å². The molecule has 0 spiro atoms. The van der Waals surface area contributed by atoms with E-state index in [1.165, 1.54) is 41.4 Å². The van der Waals surface area contributed by atoms with Crippen LogP contribution >= 0.6 is 11.9 Å². The molecule has 0 fully saturated rings. The SMILES string of the molecule is FC(F)(F)c1ccc(C2CCOc3cc(SNc4ccncn4)ccc32)c(-n2ccnn2)c1. The standard InChI is InChI=1S/C22H17F3N6OS/c23-22(24,25)14-1-3-17(19(11-14)31-9-8-28-30-31)16-6-10-32-20-12-15(2-4-18(16)20)33-29-21-5-7-26-13-27-21/h1-5,7-9,11-13,16H,6,10H2,(H,26,27,29). The first-order valence-electron chi connectivity index (χ1n) is 10.0. The van der Waals surface area contributed by atoms with Crippen LogP contribution in [-0.4, -0.2) is 31.6 Å². The van der Waals surface area contributed by atoms with Crippen molar-refractivity contribution >= 4 is 17.8 Å². The lowest BCUT2D eigenvalue weighted by molar-refractivity contribution is -0.137. The Morgan fingerprint density at radius 1 is 1.06 bits per heavy atom. The summed E-state index contributed by atoms with van der Waals surface area (Å²) in [7, 11) is 0. The Bertz CT molecular complexity index is 1250. The Hall–Kier alpha value is -3.60. The van der Waals surface area contributed by atoms with E-state index >= 15 is 0 Å². The zero-order valence-electron chi connectivity index (χ0n) is 17.0. The lowest BCUT2D eigenvalue weighted by Gasteiger charge is -2.28. The minimum Gasteiger partial charge on any atom is -0.493 e.